The molecule has 1 aliphatic heterocycles. The van der Waals surface area contributed by atoms with Gasteiger partial charge >= 0.3 is 0 Å². The van der Waals surface area contributed by atoms with Crippen molar-refractivity contribution < 1.29 is 9.59 Å². The Balaban J connectivity index is 1.37. The third-order valence-corrected chi connectivity index (χ3v) is 5.31. The predicted octanol–water partition coefficient (Wildman–Crippen LogP) is 3.35. The number of amides is 2. The predicted molar refractivity (Wildman–Crippen MR) is 108 cm³/mol. The summed E-state index contributed by atoms with van der Waals surface area (Å²) in [6, 6.07) is 15.3. The van der Waals surface area contributed by atoms with Crippen LogP contribution in [0.25, 0.3) is 11.0 Å². The lowest BCUT2D eigenvalue weighted by atomic mass is 10.1. The van der Waals surface area contributed by atoms with Gasteiger partial charge in [0.15, 0.2) is 0 Å². The Morgan fingerprint density at radius 1 is 1.18 bits per heavy atom. The van der Waals surface area contributed by atoms with E-state index in [1.165, 1.54) is 0 Å². The van der Waals surface area contributed by atoms with E-state index in [1.54, 1.807) is 6.07 Å². The van der Waals surface area contributed by atoms with Crippen LogP contribution in [0.5, 0.6) is 0 Å². The number of hydrogen-bond donors (Lipinski definition) is 2. The van der Waals surface area contributed by atoms with Crippen LogP contribution in [0, 0.1) is 6.92 Å². The number of likely N-dealkylation sites (tertiary alicyclic amines) is 1. The number of imidazole rings is 1. The van der Waals surface area contributed by atoms with Gasteiger partial charge in [-0.15, -0.1) is 0 Å². The molecule has 1 saturated heterocycles. The van der Waals surface area contributed by atoms with E-state index in [2.05, 4.69) is 15.3 Å². The zero-order valence-corrected chi connectivity index (χ0v) is 15.9. The Labute approximate surface area is 164 Å². The lowest BCUT2D eigenvalue weighted by molar-refractivity contribution is -0.132. The number of carbonyl (C=O) groups excluding carboxylic acids is 2. The standard InChI is InChI=1S/C22H24N4O2/c1-15-7-2-3-8-16(15)22(28)23-13-12-20(27)26-14-6-11-19(26)21-24-17-9-4-5-10-18(17)25-21/h2-5,7-10,19H,6,11-14H2,1H3,(H,23,28)(H,24,25)/t19-/m0/s1. The van der Waals surface area contributed by atoms with E-state index in [1.807, 2.05) is 54.3 Å². The highest BCUT2D eigenvalue weighted by molar-refractivity contribution is 5.95. The Morgan fingerprint density at radius 3 is 2.79 bits per heavy atom. The van der Waals surface area contributed by atoms with Gasteiger partial charge in [-0.05, 0) is 43.5 Å². The van der Waals surface area contributed by atoms with E-state index in [0.717, 1.165) is 41.8 Å². The quantitative estimate of drug-likeness (QED) is 0.717. The summed E-state index contributed by atoms with van der Waals surface area (Å²) in [5.41, 5.74) is 3.48. The van der Waals surface area contributed by atoms with Gasteiger partial charge in [0.2, 0.25) is 5.91 Å². The molecule has 6 heteroatoms. The van der Waals surface area contributed by atoms with Gasteiger partial charge in [-0.2, -0.15) is 0 Å². The number of benzene rings is 2. The van der Waals surface area contributed by atoms with Crippen LogP contribution in [0.2, 0.25) is 0 Å². The molecule has 2 amide bonds. The van der Waals surface area contributed by atoms with Crippen LogP contribution in [0.1, 0.15) is 47.1 Å². The van der Waals surface area contributed by atoms with Crippen LogP contribution >= 0.6 is 0 Å². The second-order valence-corrected chi connectivity index (χ2v) is 7.21. The number of aryl methyl sites for hydroxylation is 1. The lowest BCUT2D eigenvalue weighted by Gasteiger charge is -2.23. The molecular weight excluding hydrogens is 352 g/mol. The maximum Gasteiger partial charge on any atom is 0.251 e. The van der Waals surface area contributed by atoms with Gasteiger partial charge < -0.3 is 15.2 Å². The van der Waals surface area contributed by atoms with Crippen molar-refractivity contribution in [2.24, 2.45) is 0 Å². The van der Waals surface area contributed by atoms with Gasteiger partial charge in [-0.1, -0.05) is 30.3 Å². The number of para-hydroxylation sites is 2. The monoisotopic (exact) mass is 376 g/mol. The summed E-state index contributed by atoms with van der Waals surface area (Å²) in [4.78, 5) is 35.0. The van der Waals surface area contributed by atoms with Crippen LogP contribution < -0.4 is 5.32 Å². The lowest BCUT2D eigenvalue weighted by Crippen LogP contribution is -2.34. The first kappa shape index (κ1) is 18.2. The van der Waals surface area contributed by atoms with Crippen molar-refractivity contribution in [1.29, 1.82) is 0 Å². The van der Waals surface area contributed by atoms with E-state index in [0.29, 0.717) is 12.1 Å². The maximum atomic E-state index is 12.8. The molecule has 1 aromatic heterocycles. The first-order valence-corrected chi connectivity index (χ1v) is 9.71. The molecule has 2 N–H and O–H groups in total. The fraction of sp³-hybridized carbons (Fsp3) is 0.318. The first-order chi connectivity index (χ1) is 13.6. The second-order valence-electron chi connectivity index (χ2n) is 7.21. The molecule has 0 aliphatic carbocycles. The number of hydrogen-bond acceptors (Lipinski definition) is 3. The summed E-state index contributed by atoms with van der Waals surface area (Å²) >= 11 is 0. The number of fused-ring (bicyclic) bond motifs is 1. The Bertz CT molecular complexity index is 977. The average molecular weight is 376 g/mol. The molecule has 0 spiro atoms. The minimum atomic E-state index is -0.138. The second kappa shape index (κ2) is 7.84. The van der Waals surface area contributed by atoms with Crippen molar-refractivity contribution in [2.75, 3.05) is 13.1 Å². The number of nitrogens with zero attached hydrogens (tertiary/aromatic N) is 2. The third-order valence-electron chi connectivity index (χ3n) is 5.31. The van der Waals surface area contributed by atoms with Crippen molar-refractivity contribution in [2.45, 2.75) is 32.2 Å². The van der Waals surface area contributed by atoms with Gasteiger partial charge in [-0.25, -0.2) is 4.98 Å². The van der Waals surface area contributed by atoms with Gasteiger partial charge in [0.25, 0.3) is 5.91 Å². The van der Waals surface area contributed by atoms with Crippen molar-refractivity contribution in [3.8, 4) is 0 Å². The summed E-state index contributed by atoms with van der Waals surface area (Å²) < 4.78 is 0. The van der Waals surface area contributed by atoms with E-state index in [-0.39, 0.29) is 24.3 Å². The zero-order valence-electron chi connectivity index (χ0n) is 15.9. The molecule has 1 atom stereocenters. The molecule has 4 rings (SSSR count). The molecule has 0 saturated carbocycles. The number of H-pyrrole nitrogens is 1. The minimum absolute atomic E-state index is 0.0213. The van der Waals surface area contributed by atoms with Gasteiger partial charge in [0.1, 0.15) is 5.82 Å². The Hall–Kier alpha value is -3.15. The van der Waals surface area contributed by atoms with Crippen LogP contribution in [0.4, 0.5) is 0 Å². The van der Waals surface area contributed by atoms with Crippen LogP contribution in [0.15, 0.2) is 48.5 Å². The average Bonchev–Trinajstić information content (AvgIpc) is 3.34. The fourth-order valence-electron chi connectivity index (χ4n) is 3.83. The highest BCUT2D eigenvalue weighted by atomic mass is 16.2. The van der Waals surface area contributed by atoms with E-state index in [4.69, 9.17) is 0 Å². The van der Waals surface area contributed by atoms with Crippen molar-refractivity contribution >= 4 is 22.8 Å². The van der Waals surface area contributed by atoms with Crippen LogP contribution in [0.3, 0.4) is 0 Å². The number of aromatic amines is 1. The summed E-state index contributed by atoms with van der Waals surface area (Å²) in [5, 5.41) is 2.86. The van der Waals surface area contributed by atoms with Crippen LogP contribution in [-0.4, -0.2) is 39.8 Å². The highest BCUT2D eigenvalue weighted by Gasteiger charge is 2.31. The fourth-order valence-corrected chi connectivity index (χ4v) is 3.83. The molecule has 0 unspecified atom stereocenters. The molecule has 28 heavy (non-hydrogen) atoms. The molecule has 2 heterocycles. The maximum absolute atomic E-state index is 12.8. The third kappa shape index (κ3) is 3.63. The van der Waals surface area contributed by atoms with Crippen molar-refractivity contribution in [3.63, 3.8) is 0 Å². The highest BCUT2D eigenvalue weighted by Crippen LogP contribution is 2.31. The van der Waals surface area contributed by atoms with Gasteiger partial charge in [-0.3, -0.25) is 9.59 Å². The van der Waals surface area contributed by atoms with Crippen molar-refractivity contribution in [3.05, 3.63) is 65.5 Å². The molecular formula is C22H24N4O2. The zero-order chi connectivity index (χ0) is 19.5. The van der Waals surface area contributed by atoms with Crippen LogP contribution in [-0.2, 0) is 4.79 Å². The molecule has 0 radical (unpaired) electrons. The molecule has 6 nitrogen and oxygen atoms in total. The van der Waals surface area contributed by atoms with Crippen molar-refractivity contribution in [1.82, 2.24) is 20.2 Å². The molecule has 2 aromatic carbocycles. The number of nitrogens with one attached hydrogen (secondary N) is 2. The first-order valence-electron chi connectivity index (χ1n) is 9.71. The molecule has 1 fully saturated rings. The normalized spacial score (nSPS) is 16.5. The Kier molecular flexibility index (Phi) is 5.10. The summed E-state index contributed by atoms with van der Waals surface area (Å²) in [6.07, 6.45) is 2.15. The Morgan fingerprint density at radius 2 is 1.96 bits per heavy atom. The van der Waals surface area contributed by atoms with E-state index < -0.39 is 0 Å². The smallest absolute Gasteiger partial charge is 0.251 e. The summed E-state index contributed by atoms with van der Waals surface area (Å²) in [6.45, 7) is 2.96. The van der Waals surface area contributed by atoms with Gasteiger partial charge in [0, 0.05) is 25.1 Å². The number of carbonyl (C=O) groups is 2. The topological polar surface area (TPSA) is 78.1 Å². The molecule has 144 valence electrons. The molecule has 0 bridgehead atoms. The summed E-state index contributed by atoms with van der Waals surface area (Å²) in [7, 11) is 0. The summed E-state index contributed by atoms with van der Waals surface area (Å²) in [5.74, 6) is 0.755. The number of rotatable bonds is 5. The van der Waals surface area contributed by atoms with E-state index in [9.17, 15) is 9.59 Å². The molecule has 3 aromatic rings. The largest absolute Gasteiger partial charge is 0.352 e. The number of aromatic nitrogens is 2. The van der Waals surface area contributed by atoms with Gasteiger partial charge in [0.05, 0.1) is 17.1 Å². The minimum Gasteiger partial charge on any atom is -0.352 e. The van der Waals surface area contributed by atoms with E-state index >= 15 is 0 Å². The molecule has 1 aliphatic rings. The SMILES string of the molecule is Cc1ccccc1C(=O)NCCC(=O)N1CCC[C@H]1c1nc2ccccc2[nH]1.